The summed E-state index contributed by atoms with van der Waals surface area (Å²) in [6, 6.07) is 17.3. The number of aryl methyl sites for hydroxylation is 1. The Morgan fingerprint density at radius 3 is 2.56 bits per heavy atom. The van der Waals surface area contributed by atoms with Crippen molar-refractivity contribution < 1.29 is 4.79 Å². The SMILES string of the molecule is CCn1c(SCC(=O)N/N=C/c2c(C)nn(-c3ccccc3)c2C)nnc1-c1ccc(Cl)cc1. The Morgan fingerprint density at radius 1 is 1.12 bits per heavy atom. The molecule has 4 rings (SSSR count). The molecule has 0 bridgehead atoms. The van der Waals surface area contributed by atoms with Gasteiger partial charge in [-0.2, -0.15) is 10.2 Å². The van der Waals surface area contributed by atoms with E-state index in [0.717, 1.165) is 34.0 Å². The number of carbonyl (C=O) groups excluding carboxylic acids is 1. The first kappa shape index (κ1) is 23.7. The Hall–Kier alpha value is -3.43. The molecule has 1 amide bonds. The second-order valence-electron chi connectivity index (χ2n) is 7.47. The van der Waals surface area contributed by atoms with Crippen molar-refractivity contribution in [2.45, 2.75) is 32.5 Å². The molecule has 2 aromatic carbocycles. The van der Waals surface area contributed by atoms with E-state index in [1.54, 1.807) is 6.21 Å². The molecule has 0 aliphatic carbocycles. The first-order valence-corrected chi connectivity index (χ1v) is 12.1. The van der Waals surface area contributed by atoms with E-state index in [-0.39, 0.29) is 11.7 Å². The number of hydrogen-bond donors (Lipinski definition) is 1. The van der Waals surface area contributed by atoms with E-state index in [2.05, 4.69) is 25.8 Å². The Kier molecular flexibility index (Phi) is 7.44. The van der Waals surface area contributed by atoms with Gasteiger partial charge in [0.1, 0.15) is 0 Å². The van der Waals surface area contributed by atoms with E-state index in [0.29, 0.717) is 16.7 Å². The van der Waals surface area contributed by atoms with Crippen LogP contribution in [0, 0.1) is 13.8 Å². The second kappa shape index (κ2) is 10.7. The summed E-state index contributed by atoms with van der Waals surface area (Å²) in [4.78, 5) is 12.4. The van der Waals surface area contributed by atoms with Gasteiger partial charge in [-0.15, -0.1) is 10.2 Å². The van der Waals surface area contributed by atoms with E-state index in [9.17, 15) is 4.79 Å². The van der Waals surface area contributed by atoms with Gasteiger partial charge in [0.05, 0.1) is 29.0 Å². The number of thioether (sulfide) groups is 1. The van der Waals surface area contributed by atoms with Crippen LogP contribution in [0.25, 0.3) is 17.1 Å². The van der Waals surface area contributed by atoms with Gasteiger partial charge >= 0.3 is 0 Å². The van der Waals surface area contributed by atoms with Crippen molar-refractivity contribution in [2.75, 3.05) is 5.75 Å². The van der Waals surface area contributed by atoms with Crippen LogP contribution >= 0.6 is 23.4 Å². The molecule has 10 heteroatoms. The van der Waals surface area contributed by atoms with Crippen molar-refractivity contribution in [2.24, 2.45) is 5.10 Å². The minimum Gasteiger partial charge on any atom is -0.302 e. The van der Waals surface area contributed by atoms with Gasteiger partial charge in [-0.25, -0.2) is 10.1 Å². The van der Waals surface area contributed by atoms with Gasteiger partial charge in [0.15, 0.2) is 11.0 Å². The van der Waals surface area contributed by atoms with Crippen molar-refractivity contribution in [1.29, 1.82) is 0 Å². The summed E-state index contributed by atoms with van der Waals surface area (Å²) in [6.07, 6.45) is 1.63. The summed E-state index contributed by atoms with van der Waals surface area (Å²) in [5.41, 5.74) is 7.13. The summed E-state index contributed by atoms with van der Waals surface area (Å²) >= 11 is 7.30. The number of amides is 1. The Labute approximate surface area is 207 Å². The van der Waals surface area contributed by atoms with Crippen LogP contribution in [0.15, 0.2) is 64.9 Å². The molecule has 2 aromatic heterocycles. The molecule has 0 fully saturated rings. The van der Waals surface area contributed by atoms with Crippen molar-refractivity contribution >= 4 is 35.5 Å². The van der Waals surface area contributed by atoms with Crippen LogP contribution in [-0.4, -0.2) is 42.4 Å². The van der Waals surface area contributed by atoms with Gasteiger partial charge in [-0.3, -0.25) is 4.79 Å². The lowest BCUT2D eigenvalue weighted by Gasteiger charge is -2.07. The van der Waals surface area contributed by atoms with Gasteiger partial charge in [-0.1, -0.05) is 41.6 Å². The zero-order valence-corrected chi connectivity index (χ0v) is 20.6. The molecule has 0 saturated heterocycles. The fraction of sp³-hybridized carbons (Fsp3) is 0.208. The molecule has 0 aliphatic rings. The largest absolute Gasteiger partial charge is 0.302 e. The van der Waals surface area contributed by atoms with Crippen LogP contribution < -0.4 is 5.43 Å². The molecule has 2 heterocycles. The summed E-state index contributed by atoms with van der Waals surface area (Å²) in [7, 11) is 0. The van der Waals surface area contributed by atoms with Gasteiger partial charge in [0, 0.05) is 22.7 Å². The highest BCUT2D eigenvalue weighted by atomic mass is 35.5. The van der Waals surface area contributed by atoms with Gasteiger partial charge in [-0.05, 0) is 57.2 Å². The maximum absolute atomic E-state index is 12.4. The first-order valence-electron chi connectivity index (χ1n) is 10.7. The van der Waals surface area contributed by atoms with E-state index in [1.807, 2.05) is 84.6 Å². The lowest BCUT2D eigenvalue weighted by molar-refractivity contribution is -0.118. The molecular formula is C24H24ClN7OS. The number of halogens is 1. The molecule has 0 unspecified atom stereocenters. The number of hydrogen-bond acceptors (Lipinski definition) is 6. The van der Waals surface area contributed by atoms with Crippen LogP contribution in [0.5, 0.6) is 0 Å². The zero-order valence-electron chi connectivity index (χ0n) is 19.1. The third-order valence-electron chi connectivity index (χ3n) is 5.20. The fourth-order valence-corrected chi connectivity index (χ4v) is 4.41. The van der Waals surface area contributed by atoms with Crippen LogP contribution in [0.1, 0.15) is 23.9 Å². The van der Waals surface area contributed by atoms with Crippen molar-refractivity contribution in [3.63, 3.8) is 0 Å². The molecule has 0 radical (unpaired) electrons. The number of nitrogens with one attached hydrogen (secondary N) is 1. The predicted octanol–water partition coefficient (Wildman–Crippen LogP) is 4.66. The Morgan fingerprint density at radius 2 is 1.85 bits per heavy atom. The lowest BCUT2D eigenvalue weighted by Crippen LogP contribution is -2.20. The smallest absolute Gasteiger partial charge is 0.250 e. The molecular weight excluding hydrogens is 470 g/mol. The second-order valence-corrected chi connectivity index (χ2v) is 8.85. The van der Waals surface area contributed by atoms with Crippen LogP contribution in [0.2, 0.25) is 5.02 Å². The monoisotopic (exact) mass is 493 g/mol. The molecule has 4 aromatic rings. The molecule has 34 heavy (non-hydrogen) atoms. The number of aromatic nitrogens is 5. The third kappa shape index (κ3) is 5.21. The van der Waals surface area contributed by atoms with E-state index < -0.39 is 0 Å². The third-order valence-corrected chi connectivity index (χ3v) is 6.42. The number of hydrazone groups is 1. The number of carbonyl (C=O) groups is 1. The highest BCUT2D eigenvalue weighted by Gasteiger charge is 2.15. The highest BCUT2D eigenvalue weighted by Crippen LogP contribution is 2.25. The zero-order chi connectivity index (χ0) is 24.1. The lowest BCUT2D eigenvalue weighted by atomic mass is 10.2. The van der Waals surface area contributed by atoms with E-state index in [1.165, 1.54) is 11.8 Å². The minimum atomic E-state index is -0.231. The number of nitrogens with zero attached hydrogens (tertiary/aromatic N) is 6. The average molecular weight is 494 g/mol. The fourth-order valence-electron chi connectivity index (χ4n) is 3.49. The number of para-hydroxylation sites is 1. The normalized spacial score (nSPS) is 11.3. The summed E-state index contributed by atoms with van der Waals surface area (Å²) < 4.78 is 3.83. The van der Waals surface area contributed by atoms with Crippen molar-refractivity contribution in [1.82, 2.24) is 30.0 Å². The maximum Gasteiger partial charge on any atom is 0.250 e. The molecule has 174 valence electrons. The first-order chi connectivity index (χ1) is 16.5. The van der Waals surface area contributed by atoms with Crippen LogP contribution in [0.3, 0.4) is 0 Å². The molecule has 0 aliphatic heterocycles. The Balaban J connectivity index is 1.38. The highest BCUT2D eigenvalue weighted by molar-refractivity contribution is 7.99. The van der Waals surface area contributed by atoms with E-state index in [4.69, 9.17) is 11.6 Å². The molecule has 1 N–H and O–H groups in total. The van der Waals surface area contributed by atoms with E-state index >= 15 is 0 Å². The van der Waals surface area contributed by atoms with Crippen molar-refractivity contribution in [3.05, 3.63) is 76.6 Å². The minimum absolute atomic E-state index is 0.164. The number of benzene rings is 2. The summed E-state index contributed by atoms with van der Waals surface area (Å²) in [5.74, 6) is 0.671. The average Bonchev–Trinajstić information content (AvgIpc) is 3.39. The maximum atomic E-state index is 12.4. The quantitative estimate of drug-likeness (QED) is 0.219. The molecule has 0 saturated carbocycles. The topological polar surface area (TPSA) is 90.0 Å². The molecule has 8 nitrogen and oxygen atoms in total. The van der Waals surface area contributed by atoms with Gasteiger partial charge in [0.2, 0.25) is 0 Å². The van der Waals surface area contributed by atoms with Crippen LogP contribution in [0.4, 0.5) is 0 Å². The predicted molar refractivity (Wildman–Crippen MR) is 136 cm³/mol. The summed E-state index contributed by atoms with van der Waals surface area (Å²) in [5, 5.41) is 18.6. The summed E-state index contributed by atoms with van der Waals surface area (Å²) in [6.45, 7) is 6.58. The molecule has 0 spiro atoms. The van der Waals surface area contributed by atoms with Crippen molar-refractivity contribution in [3.8, 4) is 17.1 Å². The standard InChI is InChI=1S/C24H24ClN7OS/c1-4-31-23(18-10-12-19(25)13-11-18)28-29-24(31)34-15-22(33)27-26-14-21-16(2)30-32(17(21)3)20-8-6-5-7-9-20/h5-14H,4,15H2,1-3H3,(H,27,33)/b26-14+. The molecule has 0 atom stereocenters. The van der Waals surface area contributed by atoms with Gasteiger partial charge < -0.3 is 4.57 Å². The number of rotatable bonds is 8. The van der Waals surface area contributed by atoms with Crippen LogP contribution in [-0.2, 0) is 11.3 Å². The van der Waals surface area contributed by atoms with Gasteiger partial charge in [0.25, 0.3) is 5.91 Å². The Bertz CT molecular complexity index is 1310.